The number of pyridine rings is 2. The summed E-state index contributed by atoms with van der Waals surface area (Å²) < 4.78 is 18.3. The molecular weight excluding hydrogens is 736 g/mol. The molecular formula is C47H35ClN4O5. The summed E-state index contributed by atoms with van der Waals surface area (Å²) in [5.74, 6) is 2.36. The summed E-state index contributed by atoms with van der Waals surface area (Å²) >= 11 is 6.28. The summed E-state index contributed by atoms with van der Waals surface area (Å²) in [5, 5.41) is 8.07. The first-order chi connectivity index (χ1) is 27.9. The van der Waals surface area contributed by atoms with Gasteiger partial charge in [0.05, 0.1) is 23.8 Å². The maximum absolute atomic E-state index is 13.2. The first-order valence-electron chi connectivity index (χ1n) is 18.2. The molecule has 2 heterocycles. The molecule has 10 heteroatoms. The van der Waals surface area contributed by atoms with E-state index in [4.69, 9.17) is 30.8 Å². The van der Waals surface area contributed by atoms with E-state index in [0.717, 1.165) is 38.5 Å². The van der Waals surface area contributed by atoms with E-state index in [1.165, 1.54) is 0 Å². The third-order valence-electron chi connectivity index (χ3n) is 9.35. The molecule has 8 rings (SSSR count). The second kappa shape index (κ2) is 16.6. The molecule has 0 saturated carbocycles. The van der Waals surface area contributed by atoms with E-state index in [2.05, 4.69) is 15.6 Å². The van der Waals surface area contributed by atoms with Crippen molar-refractivity contribution in [2.24, 2.45) is 0 Å². The van der Waals surface area contributed by atoms with Gasteiger partial charge >= 0.3 is 0 Å². The topological polar surface area (TPSA) is 112 Å². The lowest BCUT2D eigenvalue weighted by Crippen LogP contribution is -2.23. The second-order valence-electron chi connectivity index (χ2n) is 13.1. The predicted octanol–water partition coefficient (Wildman–Crippen LogP) is 10.6. The van der Waals surface area contributed by atoms with Crippen LogP contribution in [0.15, 0.2) is 158 Å². The monoisotopic (exact) mass is 770 g/mol. The molecule has 8 aromatic rings. The molecule has 0 unspecified atom stereocenters. The van der Waals surface area contributed by atoms with Crippen LogP contribution in [0.25, 0.3) is 33.1 Å². The molecule has 9 nitrogen and oxygen atoms in total. The molecule has 2 N–H and O–H groups in total. The first-order valence-corrected chi connectivity index (χ1v) is 18.6. The van der Waals surface area contributed by atoms with Crippen molar-refractivity contribution < 1.29 is 23.8 Å². The van der Waals surface area contributed by atoms with Gasteiger partial charge in [-0.1, -0.05) is 78.3 Å². The number of methoxy groups -OCH3 is 1. The van der Waals surface area contributed by atoms with E-state index >= 15 is 0 Å². The summed E-state index contributed by atoms with van der Waals surface area (Å²) in [6.45, 7) is 0.612. The number of para-hydroxylation sites is 2. The molecule has 6 aromatic carbocycles. The van der Waals surface area contributed by atoms with E-state index < -0.39 is 0 Å². The van der Waals surface area contributed by atoms with Gasteiger partial charge in [-0.3, -0.25) is 14.6 Å². The molecule has 2 aromatic heterocycles. The molecule has 0 spiro atoms. The van der Waals surface area contributed by atoms with Crippen molar-refractivity contribution in [1.82, 2.24) is 20.6 Å². The molecule has 280 valence electrons. The largest absolute Gasteiger partial charge is 0.496 e. The Labute approximate surface area is 333 Å². The highest BCUT2D eigenvalue weighted by Gasteiger charge is 2.15. The highest BCUT2D eigenvalue weighted by molar-refractivity contribution is 6.31. The fourth-order valence-electron chi connectivity index (χ4n) is 6.45. The lowest BCUT2D eigenvalue weighted by atomic mass is 10.1. The van der Waals surface area contributed by atoms with Gasteiger partial charge in [0.1, 0.15) is 28.7 Å². The number of carbonyl (C=O) groups is 2. The Morgan fingerprint density at radius 2 is 1.23 bits per heavy atom. The summed E-state index contributed by atoms with van der Waals surface area (Å²) in [7, 11) is 1.61. The highest BCUT2D eigenvalue weighted by atomic mass is 35.5. The summed E-state index contributed by atoms with van der Waals surface area (Å²) in [4.78, 5) is 35.8. The van der Waals surface area contributed by atoms with Crippen LogP contribution in [0.1, 0.15) is 31.8 Å². The molecule has 0 radical (unpaired) electrons. The smallest absolute Gasteiger partial charge is 0.251 e. The number of hydrogen-bond donors (Lipinski definition) is 2. The van der Waals surface area contributed by atoms with Crippen LogP contribution >= 0.6 is 11.6 Å². The molecule has 0 saturated heterocycles. The van der Waals surface area contributed by atoms with Crippen LogP contribution in [0.5, 0.6) is 28.7 Å². The van der Waals surface area contributed by atoms with Crippen molar-refractivity contribution in [1.29, 1.82) is 0 Å². The SMILES string of the molecule is COc1ccccc1CNC(=O)c1cccc(Oc2cc(-c3ccc4nccc(Oc5cccc(C(=O)NCc6ccccc6Cl)c5)c4c3)nc3ccccc23)c1. The Kier molecular flexibility index (Phi) is 10.7. The summed E-state index contributed by atoms with van der Waals surface area (Å²) in [6.07, 6.45) is 1.69. The number of halogens is 1. The van der Waals surface area contributed by atoms with Crippen molar-refractivity contribution in [3.8, 4) is 40.0 Å². The fourth-order valence-corrected chi connectivity index (χ4v) is 6.65. The summed E-state index contributed by atoms with van der Waals surface area (Å²) in [5.41, 5.74) is 5.56. The fraction of sp³-hybridized carbons (Fsp3) is 0.0638. The number of fused-ring (bicyclic) bond motifs is 2. The van der Waals surface area contributed by atoms with Crippen LogP contribution in [0.4, 0.5) is 0 Å². The lowest BCUT2D eigenvalue weighted by molar-refractivity contribution is 0.0942. The zero-order chi connectivity index (χ0) is 39.1. The minimum Gasteiger partial charge on any atom is -0.496 e. The zero-order valence-corrected chi connectivity index (χ0v) is 31.5. The van der Waals surface area contributed by atoms with Gasteiger partial charge in [0.15, 0.2) is 0 Å². The van der Waals surface area contributed by atoms with Crippen molar-refractivity contribution >= 4 is 45.2 Å². The maximum atomic E-state index is 13.2. The molecule has 0 aliphatic rings. The molecule has 0 atom stereocenters. The van der Waals surface area contributed by atoms with Gasteiger partial charge in [-0.2, -0.15) is 0 Å². The number of aromatic nitrogens is 2. The minimum atomic E-state index is -0.248. The van der Waals surface area contributed by atoms with Crippen LogP contribution in [-0.4, -0.2) is 28.9 Å². The lowest BCUT2D eigenvalue weighted by Gasteiger charge is -2.14. The molecule has 0 aliphatic carbocycles. The quantitative estimate of drug-likeness (QED) is 0.127. The predicted molar refractivity (Wildman–Crippen MR) is 222 cm³/mol. The summed E-state index contributed by atoms with van der Waals surface area (Å²) in [6, 6.07) is 46.3. The van der Waals surface area contributed by atoms with Crippen LogP contribution in [-0.2, 0) is 13.1 Å². The number of carbonyl (C=O) groups excluding carboxylic acids is 2. The second-order valence-corrected chi connectivity index (χ2v) is 13.5. The number of amides is 2. The molecule has 0 fully saturated rings. The Bertz CT molecular complexity index is 2770. The Balaban J connectivity index is 1.04. The van der Waals surface area contributed by atoms with Crippen LogP contribution in [0.2, 0.25) is 5.02 Å². The van der Waals surface area contributed by atoms with Gasteiger partial charge in [0, 0.05) is 63.4 Å². The maximum Gasteiger partial charge on any atom is 0.251 e. The van der Waals surface area contributed by atoms with Crippen molar-refractivity contribution in [3.05, 3.63) is 185 Å². The third kappa shape index (κ3) is 8.39. The van der Waals surface area contributed by atoms with E-state index in [9.17, 15) is 9.59 Å². The number of hydrogen-bond acceptors (Lipinski definition) is 7. The minimum absolute atomic E-state index is 0.238. The zero-order valence-electron chi connectivity index (χ0n) is 30.7. The van der Waals surface area contributed by atoms with E-state index in [1.54, 1.807) is 67.9 Å². The van der Waals surface area contributed by atoms with E-state index in [-0.39, 0.29) is 11.8 Å². The average molecular weight is 771 g/mol. The van der Waals surface area contributed by atoms with E-state index in [0.29, 0.717) is 63.7 Å². The van der Waals surface area contributed by atoms with Crippen molar-refractivity contribution in [3.63, 3.8) is 0 Å². The number of nitrogens with zero attached hydrogens (tertiary/aromatic N) is 2. The van der Waals surface area contributed by atoms with Crippen LogP contribution < -0.4 is 24.8 Å². The van der Waals surface area contributed by atoms with Gasteiger partial charge in [0.2, 0.25) is 0 Å². The Morgan fingerprint density at radius 1 is 0.579 bits per heavy atom. The van der Waals surface area contributed by atoms with Gasteiger partial charge in [-0.05, 0) is 84.4 Å². The van der Waals surface area contributed by atoms with Crippen molar-refractivity contribution in [2.45, 2.75) is 13.1 Å². The first kappa shape index (κ1) is 36.7. The Morgan fingerprint density at radius 3 is 1.96 bits per heavy atom. The average Bonchev–Trinajstić information content (AvgIpc) is 3.25. The van der Waals surface area contributed by atoms with E-state index in [1.807, 2.05) is 97.1 Å². The van der Waals surface area contributed by atoms with Crippen LogP contribution in [0.3, 0.4) is 0 Å². The van der Waals surface area contributed by atoms with Crippen molar-refractivity contribution in [2.75, 3.05) is 7.11 Å². The van der Waals surface area contributed by atoms with Gasteiger partial charge in [-0.15, -0.1) is 0 Å². The molecule has 0 aliphatic heterocycles. The molecule has 0 bridgehead atoms. The Hall–Kier alpha value is -7.23. The normalized spacial score (nSPS) is 10.9. The third-order valence-corrected chi connectivity index (χ3v) is 9.72. The molecule has 57 heavy (non-hydrogen) atoms. The number of benzene rings is 6. The number of nitrogens with one attached hydrogen (secondary N) is 2. The number of rotatable bonds is 12. The van der Waals surface area contributed by atoms with Crippen LogP contribution in [0, 0.1) is 0 Å². The van der Waals surface area contributed by atoms with Gasteiger partial charge < -0.3 is 24.8 Å². The number of ether oxygens (including phenoxy) is 3. The standard InChI is InChI=1S/C47H35ClN4O5/c1-55-43-19-7-3-11-34(43)29-51-47(54)32-13-9-15-36(25-32)57-45-27-42(52-41-18-6-4-16-37(41)45)30-20-21-40-38(26-30)44(22-23-49-40)56-35-14-8-12-31(24-35)46(53)50-28-33-10-2-5-17-39(33)48/h2-27H,28-29H2,1H3,(H,50,53)(H,51,54). The highest BCUT2D eigenvalue weighted by Crippen LogP contribution is 2.36. The molecule has 2 amide bonds. The van der Waals surface area contributed by atoms with Gasteiger partial charge in [0.25, 0.3) is 11.8 Å². The van der Waals surface area contributed by atoms with Gasteiger partial charge in [-0.25, -0.2) is 4.98 Å².